The van der Waals surface area contributed by atoms with Gasteiger partial charge in [0.1, 0.15) is 6.61 Å². The fourth-order valence-corrected chi connectivity index (χ4v) is 3.93. The van der Waals surface area contributed by atoms with Crippen molar-refractivity contribution in [2.75, 3.05) is 33.3 Å². The molecule has 0 saturated heterocycles. The molecule has 0 atom stereocenters. The number of hydrogen-bond donors (Lipinski definition) is 1. The fraction of sp³-hybridized carbons (Fsp3) is 0.455. The molecule has 0 bridgehead atoms. The molecule has 4 nitrogen and oxygen atoms in total. The zero-order chi connectivity index (χ0) is 21.2. The van der Waals surface area contributed by atoms with Gasteiger partial charge in [0.15, 0.2) is 11.5 Å². The molecule has 2 aromatic carbocycles. The molecule has 0 aliphatic rings. The Hall–Kier alpha value is -0.400. The monoisotopic (exact) mass is 574 g/mol. The molecule has 31 heavy (non-hydrogen) atoms. The van der Waals surface area contributed by atoms with Gasteiger partial charge in [0.05, 0.1) is 21.6 Å². The van der Waals surface area contributed by atoms with Crippen molar-refractivity contribution < 1.29 is 9.47 Å². The van der Waals surface area contributed by atoms with Crippen LogP contribution in [-0.2, 0) is 13.2 Å². The number of hydrogen-bond acceptors (Lipinski definition) is 4. The van der Waals surface area contributed by atoms with E-state index in [9.17, 15) is 0 Å². The van der Waals surface area contributed by atoms with E-state index in [1.165, 1.54) is 0 Å². The highest BCUT2D eigenvalue weighted by atomic mass is 79.9. The lowest BCUT2D eigenvalue weighted by molar-refractivity contribution is 0.282. The summed E-state index contributed by atoms with van der Waals surface area (Å²) in [6, 6.07) is 9.53. The van der Waals surface area contributed by atoms with E-state index >= 15 is 0 Å². The molecule has 176 valence electrons. The van der Waals surface area contributed by atoms with Crippen LogP contribution < -0.4 is 14.8 Å². The third-order valence-corrected chi connectivity index (χ3v) is 6.04. The zero-order valence-electron chi connectivity index (χ0n) is 18.1. The predicted octanol–water partition coefficient (Wildman–Crippen LogP) is 7.01. The van der Waals surface area contributed by atoms with E-state index in [2.05, 4.69) is 46.1 Å². The average Bonchev–Trinajstić information content (AvgIpc) is 2.72. The van der Waals surface area contributed by atoms with Crippen LogP contribution in [0.3, 0.4) is 0 Å². The topological polar surface area (TPSA) is 33.7 Å². The van der Waals surface area contributed by atoms with Gasteiger partial charge in [0.2, 0.25) is 0 Å². The van der Waals surface area contributed by atoms with Crippen molar-refractivity contribution >= 4 is 63.9 Å². The summed E-state index contributed by atoms with van der Waals surface area (Å²) in [5, 5.41) is 4.55. The number of benzene rings is 2. The first-order valence-electron chi connectivity index (χ1n) is 9.84. The number of ether oxygens (including phenoxy) is 2. The van der Waals surface area contributed by atoms with Crippen molar-refractivity contribution in [2.45, 2.75) is 33.4 Å². The summed E-state index contributed by atoms with van der Waals surface area (Å²) in [5.41, 5.74) is 2.07. The van der Waals surface area contributed by atoms with Crippen LogP contribution in [0.4, 0.5) is 0 Å². The van der Waals surface area contributed by atoms with Crippen LogP contribution in [0.5, 0.6) is 11.5 Å². The molecule has 2 aromatic rings. The number of nitrogens with zero attached hydrogens (tertiary/aromatic N) is 1. The molecular weight excluding hydrogens is 546 g/mol. The Bertz CT molecular complexity index is 792. The molecule has 0 aliphatic heterocycles. The minimum Gasteiger partial charge on any atom is -0.493 e. The van der Waals surface area contributed by atoms with Crippen LogP contribution in [0, 0.1) is 0 Å². The molecule has 2 rings (SSSR count). The van der Waals surface area contributed by atoms with Gasteiger partial charge in [-0.05, 0) is 83.9 Å². The molecular formula is C22H31BrCl4N2O2. The Morgan fingerprint density at radius 2 is 1.71 bits per heavy atom. The first-order chi connectivity index (χ1) is 14.0. The molecule has 9 heteroatoms. The number of methoxy groups -OCH3 is 1. The first kappa shape index (κ1) is 30.6. The van der Waals surface area contributed by atoms with E-state index < -0.39 is 0 Å². The first-order valence-corrected chi connectivity index (χ1v) is 11.4. The van der Waals surface area contributed by atoms with Gasteiger partial charge in [-0.15, -0.1) is 24.8 Å². The maximum Gasteiger partial charge on any atom is 0.175 e. The van der Waals surface area contributed by atoms with Gasteiger partial charge in [-0.25, -0.2) is 0 Å². The van der Waals surface area contributed by atoms with Gasteiger partial charge in [-0.1, -0.05) is 43.1 Å². The molecule has 0 heterocycles. The van der Waals surface area contributed by atoms with Gasteiger partial charge in [-0.2, -0.15) is 0 Å². The van der Waals surface area contributed by atoms with E-state index in [1.54, 1.807) is 19.2 Å². The summed E-state index contributed by atoms with van der Waals surface area (Å²) in [6.45, 7) is 9.85. The Labute approximate surface area is 216 Å². The standard InChI is InChI=1S/C22H29BrCl2N2O2.2ClH/c1-4-27(5-2)10-6-9-26-14-17-11-18(23)22(21(13-17)28-3)29-15-16-7-8-19(24)20(25)12-16;;/h7-8,11-13,26H,4-6,9-10,14-15H2,1-3H3;2*1H. The van der Waals surface area contributed by atoms with E-state index in [1.807, 2.05) is 12.1 Å². The lowest BCUT2D eigenvalue weighted by Crippen LogP contribution is -2.27. The minimum absolute atomic E-state index is 0. The SMILES string of the molecule is CCN(CC)CCCNCc1cc(Br)c(OCc2ccc(Cl)c(Cl)c2)c(OC)c1.Cl.Cl. The number of nitrogens with one attached hydrogen (secondary N) is 1. The van der Waals surface area contributed by atoms with Crippen LogP contribution in [0.25, 0.3) is 0 Å². The highest BCUT2D eigenvalue weighted by molar-refractivity contribution is 9.10. The summed E-state index contributed by atoms with van der Waals surface area (Å²) in [6.07, 6.45) is 1.13. The van der Waals surface area contributed by atoms with Crippen LogP contribution >= 0.6 is 63.9 Å². The third kappa shape index (κ3) is 9.95. The Morgan fingerprint density at radius 1 is 1.00 bits per heavy atom. The largest absolute Gasteiger partial charge is 0.493 e. The molecule has 0 aliphatic carbocycles. The highest BCUT2D eigenvalue weighted by Gasteiger charge is 2.12. The van der Waals surface area contributed by atoms with Crippen molar-refractivity contribution in [3.8, 4) is 11.5 Å². The predicted molar refractivity (Wildman–Crippen MR) is 140 cm³/mol. The van der Waals surface area contributed by atoms with E-state index in [4.69, 9.17) is 32.7 Å². The zero-order valence-corrected chi connectivity index (χ0v) is 22.8. The Balaban J connectivity index is 0.00000450. The third-order valence-electron chi connectivity index (χ3n) is 4.71. The second-order valence-corrected chi connectivity index (χ2v) is 8.37. The smallest absolute Gasteiger partial charge is 0.175 e. The van der Waals surface area contributed by atoms with Gasteiger partial charge in [-0.3, -0.25) is 0 Å². The van der Waals surface area contributed by atoms with E-state index in [0.29, 0.717) is 28.2 Å². The highest BCUT2D eigenvalue weighted by Crippen LogP contribution is 2.37. The Morgan fingerprint density at radius 3 is 2.32 bits per heavy atom. The molecule has 0 saturated carbocycles. The van der Waals surface area contributed by atoms with Crippen molar-refractivity contribution in [3.05, 3.63) is 56.0 Å². The second kappa shape index (κ2) is 16.2. The molecule has 0 unspecified atom stereocenters. The molecule has 1 N–H and O–H groups in total. The molecule has 0 amide bonds. The maximum absolute atomic E-state index is 6.08. The summed E-state index contributed by atoms with van der Waals surface area (Å²) < 4.78 is 12.4. The maximum atomic E-state index is 6.08. The van der Waals surface area contributed by atoms with Crippen LogP contribution in [-0.4, -0.2) is 38.2 Å². The summed E-state index contributed by atoms with van der Waals surface area (Å²) >= 11 is 15.7. The lowest BCUT2D eigenvalue weighted by Gasteiger charge is -2.18. The second-order valence-electron chi connectivity index (χ2n) is 6.70. The molecule has 0 radical (unpaired) electrons. The summed E-state index contributed by atoms with van der Waals surface area (Å²) in [5.74, 6) is 1.36. The van der Waals surface area contributed by atoms with Crippen LogP contribution in [0.1, 0.15) is 31.4 Å². The van der Waals surface area contributed by atoms with Crippen molar-refractivity contribution in [1.82, 2.24) is 10.2 Å². The van der Waals surface area contributed by atoms with E-state index in [0.717, 1.165) is 54.7 Å². The van der Waals surface area contributed by atoms with Gasteiger partial charge < -0.3 is 19.7 Å². The van der Waals surface area contributed by atoms with Crippen LogP contribution in [0.2, 0.25) is 10.0 Å². The van der Waals surface area contributed by atoms with Gasteiger partial charge in [0, 0.05) is 6.54 Å². The quantitative estimate of drug-likeness (QED) is 0.276. The number of rotatable bonds is 12. The summed E-state index contributed by atoms with van der Waals surface area (Å²) in [4.78, 5) is 2.43. The summed E-state index contributed by atoms with van der Waals surface area (Å²) in [7, 11) is 1.65. The Kier molecular flexibility index (Phi) is 16.0. The molecule has 0 aromatic heterocycles. The van der Waals surface area contributed by atoms with Crippen molar-refractivity contribution in [3.63, 3.8) is 0 Å². The fourth-order valence-electron chi connectivity index (χ4n) is 3.00. The molecule has 0 fully saturated rings. The lowest BCUT2D eigenvalue weighted by atomic mass is 10.2. The number of halogens is 5. The average molecular weight is 577 g/mol. The van der Waals surface area contributed by atoms with E-state index in [-0.39, 0.29) is 24.8 Å². The normalized spacial score (nSPS) is 10.4. The van der Waals surface area contributed by atoms with Gasteiger partial charge >= 0.3 is 0 Å². The van der Waals surface area contributed by atoms with Gasteiger partial charge in [0.25, 0.3) is 0 Å². The molecule has 0 spiro atoms. The van der Waals surface area contributed by atoms with Crippen molar-refractivity contribution in [1.29, 1.82) is 0 Å². The minimum atomic E-state index is 0. The van der Waals surface area contributed by atoms with Crippen molar-refractivity contribution in [2.24, 2.45) is 0 Å². The van der Waals surface area contributed by atoms with Crippen LogP contribution in [0.15, 0.2) is 34.8 Å².